The fourth-order valence-corrected chi connectivity index (χ4v) is 4.25. The largest absolute Gasteiger partial charge is 0.110 e. The topological polar surface area (TPSA) is 0 Å². The van der Waals surface area contributed by atoms with Crippen LogP contribution in [0.4, 0.5) is 0 Å². The lowest BCUT2D eigenvalue weighted by molar-refractivity contribution is 0.503. The molecule has 1 rings (SSSR count). The molecule has 0 amide bonds. The van der Waals surface area contributed by atoms with Gasteiger partial charge in [-0.1, -0.05) is 26.2 Å². The van der Waals surface area contributed by atoms with Gasteiger partial charge >= 0.3 is 0 Å². The second kappa shape index (κ2) is 4.45. The lowest BCUT2D eigenvalue weighted by atomic mass is 10.0. The molecule has 1 aliphatic carbocycles. The molecule has 1 heteroatoms. The maximum Gasteiger partial charge on any atom is -0.0186 e. The molecule has 2 atom stereocenters. The Morgan fingerprint density at radius 2 is 2.00 bits per heavy atom. The summed E-state index contributed by atoms with van der Waals surface area (Å²) in [6.07, 6.45) is 7.45. The molecule has 1 saturated carbocycles. The quantitative estimate of drug-likeness (QED) is 0.569. The van der Waals surface area contributed by atoms with E-state index in [0.717, 1.165) is 11.6 Å². The van der Waals surface area contributed by atoms with Gasteiger partial charge in [0.15, 0.2) is 0 Å². The van der Waals surface area contributed by atoms with E-state index in [1.54, 1.807) is 0 Å². The van der Waals surface area contributed by atoms with Crippen LogP contribution in [0.5, 0.6) is 0 Å². The summed E-state index contributed by atoms with van der Waals surface area (Å²) in [5.74, 6) is 1.10. The van der Waals surface area contributed by atoms with Crippen LogP contribution in [0.25, 0.3) is 0 Å². The highest BCUT2D eigenvalue weighted by atomic mass is 31.1. The molecular formula is C10H21P. The zero-order valence-electron chi connectivity index (χ0n) is 8.14. The summed E-state index contributed by atoms with van der Waals surface area (Å²) in [5, 5.41) is 0. The minimum absolute atomic E-state index is 0.348. The van der Waals surface area contributed by atoms with Gasteiger partial charge in [0.25, 0.3) is 0 Å². The van der Waals surface area contributed by atoms with E-state index in [1.807, 2.05) is 0 Å². The van der Waals surface area contributed by atoms with Gasteiger partial charge in [0.2, 0.25) is 0 Å². The van der Waals surface area contributed by atoms with E-state index in [0.29, 0.717) is 7.92 Å². The molecule has 0 aromatic heterocycles. The Morgan fingerprint density at radius 3 is 2.55 bits per heavy atom. The van der Waals surface area contributed by atoms with Crippen LogP contribution in [0.3, 0.4) is 0 Å². The molecule has 11 heavy (non-hydrogen) atoms. The van der Waals surface area contributed by atoms with Crippen molar-refractivity contribution in [1.82, 2.24) is 0 Å². The van der Waals surface area contributed by atoms with Crippen LogP contribution in [0.1, 0.15) is 39.0 Å². The van der Waals surface area contributed by atoms with E-state index in [-0.39, 0.29) is 0 Å². The van der Waals surface area contributed by atoms with Crippen molar-refractivity contribution in [2.45, 2.75) is 44.7 Å². The first kappa shape index (κ1) is 9.52. The highest BCUT2D eigenvalue weighted by molar-refractivity contribution is 7.56. The first-order valence-electron chi connectivity index (χ1n) is 4.92. The Morgan fingerprint density at radius 1 is 1.27 bits per heavy atom. The first-order valence-corrected chi connectivity index (χ1v) is 7.22. The van der Waals surface area contributed by atoms with E-state index in [9.17, 15) is 0 Å². The van der Waals surface area contributed by atoms with E-state index in [2.05, 4.69) is 20.3 Å². The second-order valence-electron chi connectivity index (χ2n) is 4.01. The predicted molar refractivity (Wildman–Crippen MR) is 54.8 cm³/mol. The van der Waals surface area contributed by atoms with Crippen molar-refractivity contribution >= 4 is 7.92 Å². The van der Waals surface area contributed by atoms with Gasteiger partial charge in [0.1, 0.15) is 0 Å². The average Bonchev–Trinajstić information content (AvgIpc) is 2.36. The average molecular weight is 172 g/mol. The highest BCUT2D eigenvalue weighted by Crippen LogP contribution is 2.47. The molecule has 0 bridgehead atoms. The van der Waals surface area contributed by atoms with Gasteiger partial charge in [0.05, 0.1) is 0 Å². The Balaban J connectivity index is 2.37. The van der Waals surface area contributed by atoms with Crippen LogP contribution in [-0.2, 0) is 0 Å². The third-order valence-corrected chi connectivity index (χ3v) is 4.95. The summed E-state index contributed by atoms with van der Waals surface area (Å²) in [4.78, 5) is 0. The summed E-state index contributed by atoms with van der Waals surface area (Å²) in [6, 6.07) is 0. The number of rotatable bonds is 3. The molecule has 1 fully saturated rings. The minimum Gasteiger partial charge on any atom is -0.110 e. The molecule has 0 saturated heterocycles. The van der Waals surface area contributed by atoms with Crippen molar-refractivity contribution in [2.75, 3.05) is 13.3 Å². The fourth-order valence-electron chi connectivity index (χ4n) is 2.40. The molecule has 0 aromatic rings. The molecule has 0 aliphatic heterocycles. The third-order valence-electron chi connectivity index (χ3n) is 2.94. The van der Waals surface area contributed by atoms with Crippen LogP contribution < -0.4 is 0 Å². The summed E-state index contributed by atoms with van der Waals surface area (Å²) in [7, 11) is 0.348. The predicted octanol–water partition coefficient (Wildman–Crippen LogP) is 3.70. The van der Waals surface area contributed by atoms with E-state index >= 15 is 0 Å². The Labute approximate surface area is 72.5 Å². The molecule has 0 aromatic carbocycles. The minimum atomic E-state index is 0.348. The molecule has 66 valence electrons. The smallest absolute Gasteiger partial charge is 0.0186 e. The van der Waals surface area contributed by atoms with Crippen LogP contribution in [0.15, 0.2) is 0 Å². The molecule has 0 N–H and O–H groups in total. The molecule has 0 nitrogen and oxygen atoms in total. The van der Waals surface area contributed by atoms with Crippen LogP contribution in [0.2, 0.25) is 0 Å². The molecule has 1 aliphatic rings. The van der Waals surface area contributed by atoms with Gasteiger partial charge in [-0.15, -0.1) is 7.92 Å². The Kier molecular flexibility index (Phi) is 3.85. The van der Waals surface area contributed by atoms with Crippen LogP contribution >= 0.6 is 7.92 Å². The van der Waals surface area contributed by atoms with Gasteiger partial charge in [0, 0.05) is 0 Å². The van der Waals surface area contributed by atoms with Crippen molar-refractivity contribution in [3.05, 3.63) is 0 Å². The van der Waals surface area contributed by atoms with Gasteiger partial charge < -0.3 is 0 Å². The van der Waals surface area contributed by atoms with Crippen molar-refractivity contribution in [2.24, 2.45) is 5.92 Å². The number of hydrogen-bond acceptors (Lipinski definition) is 0. The van der Waals surface area contributed by atoms with Gasteiger partial charge in [-0.25, -0.2) is 0 Å². The zero-order chi connectivity index (χ0) is 8.27. The van der Waals surface area contributed by atoms with Crippen molar-refractivity contribution in [1.29, 1.82) is 0 Å². The van der Waals surface area contributed by atoms with Crippen molar-refractivity contribution in [3.8, 4) is 0 Å². The van der Waals surface area contributed by atoms with Gasteiger partial charge in [-0.05, 0) is 37.7 Å². The SMILES string of the molecule is CCCC1CCCC1P(C)C. The van der Waals surface area contributed by atoms with E-state index in [4.69, 9.17) is 0 Å². The van der Waals surface area contributed by atoms with Gasteiger partial charge in [-0.2, -0.15) is 0 Å². The molecule has 0 spiro atoms. The lowest BCUT2D eigenvalue weighted by Gasteiger charge is -2.22. The van der Waals surface area contributed by atoms with E-state index < -0.39 is 0 Å². The van der Waals surface area contributed by atoms with Crippen LogP contribution in [0, 0.1) is 5.92 Å². The zero-order valence-corrected chi connectivity index (χ0v) is 9.03. The molecule has 0 heterocycles. The summed E-state index contributed by atoms with van der Waals surface area (Å²) >= 11 is 0. The summed E-state index contributed by atoms with van der Waals surface area (Å²) < 4.78 is 0. The molecule has 0 radical (unpaired) electrons. The summed E-state index contributed by atoms with van der Waals surface area (Å²) in [5.41, 5.74) is 1.12. The maximum absolute atomic E-state index is 2.45. The lowest BCUT2D eigenvalue weighted by Crippen LogP contribution is -2.10. The van der Waals surface area contributed by atoms with Crippen molar-refractivity contribution in [3.63, 3.8) is 0 Å². The van der Waals surface area contributed by atoms with E-state index in [1.165, 1.54) is 32.1 Å². The Hall–Kier alpha value is 0.430. The fraction of sp³-hybridized carbons (Fsp3) is 1.00. The molecule has 2 unspecified atom stereocenters. The highest BCUT2D eigenvalue weighted by Gasteiger charge is 2.28. The summed E-state index contributed by atoms with van der Waals surface area (Å²) in [6.45, 7) is 7.23. The third kappa shape index (κ3) is 2.44. The maximum atomic E-state index is 2.45. The standard InChI is InChI=1S/C10H21P/c1-4-6-9-7-5-8-10(9)11(2)3/h9-10H,4-8H2,1-3H3. The normalized spacial score (nSPS) is 31.6. The first-order chi connectivity index (χ1) is 5.25. The van der Waals surface area contributed by atoms with Crippen molar-refractivity contribution < 1.29 is 0 Å². The molecular weight excluding hydrogens is 151 g/mol. The van der Waals surface area contributed by atoms with Gasteiger partial charge in [-0.3, -0.25) is 0 Å². The Bertz CT molecular complexity index is 109. The second-order valence-corrected chi connectivity index (χ2v) is 6.60. The van der Waals surface area contributed by atoms with Crippen LogP contribution in [-0.4, -0.2) is 19.0 Å². The number of hydrogen-bond donors (Lipinski definition) is 0. The monoisotopic (exact) mass is 172 g/mol.